The van der Waals surface area contributed by atoms with E-state index < -0.39 is 0 Å². The molecule has 0 atom stereocenters. The van der Waals surface area contributed by atoms with Crippen LogP contribution in [0.15, 0.2) is 22.7 Å². The van der Waals surface area contributed by atoms with Crippen LogP contribution in [-0.4, -0.2) is 44.4 Å². The highest BCUT2D eigenvalue weighted by molar-refractivity contribution is 9.10. The lowest BCUT2D eigenvalue weighted by molar-refractivity contribution is 0.0793. The van der Waals surface area contributed by atoms with E-state index in [1.54, 1.807) is 0 Å². The van der Waals surface area contributed by atoms with Gasteiger partial charge in [-0.15, -0.1) is 0 Å². The summed E-state index contributed by atoms with van der Waals surface area (Å²) in [6.07, 6.45) is 0. The smallest absolute Gasteiger partial charge is 0.128 e. The fourth-order valence-corrected chi connectivity index (χ4v) is 2.17. The molecule has 0 radical (unpaired) electrons. The number of halogens is 2. The SMILES string of the molecule is CCOCCN(CCOCC)Cc1ccc(Br)cc1F. The molecule has 0 aliphatic rings. The molecule has 5 heteroatoms. The van der Waals surface area contributed by atoms with Crippen molar-refractivity contribution in [1.82, 2.24) is 4.90 Å². The normalized spacial score (nSPS) is 11.2. The topological polar surface area (TPSA) is 21.7 Å². The molecule has 0 unspecified atom stereocenters. The lowest BCUT2D eigenvalue weighted by Gasteiger charge is -2.22. The van der Waals surface area contributed by atoms with E-state index in [-0.39, 0.29) is 5.82 Å². The van der Waals surface area contributed by atoms with Gasteiger partial charge in [0.1, 0.15) is 5.82 Å². The standard InChI is InChI=1S/C15H23BrFNO2/c1-3-19-9-7-18(8-10-20-4-2)12-13-5-6-14(16)11-15(13)17/h5-6,11H,3-4,7-10,12H2,1-2H3. The summed E-state index contributed by atoms with van der Waals surface area (Å²) < 4.78 is 25.4. The Morgan fingerprint density at radius 3 is 2.20 bits per heavy atom. The van der Waals surface area contributed by atoms with Crippen molar-refractivity contribution in [1.29, 1.82) is 0 Å². The summed E-state index contributed by atoms with van der Waals surface area (Å²) in [5.74, 6) is -0.183. The van der Waals surface area contributed by atoms with Crippen molar-refractivity contribution in [2.45, 2.75) is 20.4 Å². The predicted octanol–water partition coefficient (Wildman–Crippen LogP) is 3.46. The van der Waals surface area contributed by atoms with Crippen LogP contribution in [0.2, 0.25) is 0 Å². The van der Waals surface area contributed by atoms with Crippen molar-refractivity contribution >= 4 is 15.9 Å². The van der Waals surface area contributed by atoms with Gasteiger partial charge >= 0.3 is 0 Å². The maximum atomic E-state index is 13.9. The summed E-state index contributed by atoms with van der Waals surface area (Å²) >= 11 is 3.27. The van der Waals surface area contributed by atoms with Crippen molar-refractivity contribution in [3.8, 4) is 0 Å². The molecular weight excluding hydrogens is 325 g/mol. The third-order valence-electron chi connectivity index (χ3n) is 2.92. The molecule has 0 saturated heterocycles. The summed E-state index contributed by atoms with van der Waals surface area (Å²) in [6.45, 7) is 8.77. The second kappa shape index (κ2) is 10.3. The van der Waals surface area contributed by atoms with Crippen LogP contribution in [0.1, 0.15) is 19.4 Å². The molecule has 1 aromatic carbocycles. The number of ether oxygens (including phenoxy) is 2. The molecule has 114 valence electrons. The molecule has 0 aliphatic heterocycles. The molecule has 20 heavy (non-hydrogen) atoms. The van der Waals surface area contributed by atoms with Crippen LogP contribution in [0, 0.1) is 5.82 Å². The highest BCUT2D eigenvalue weighted by Gasteiger charge is 2.10. The number of hydrogen-bond donors (Lipinski definition) is 0. The molecule has 3 nitrogen and oxygen atoms in total. The monoisotopic (exact) mass is 347 g/mol. The molecule has 0 heterocycles. The summed E-state index contributed by atoms with van der Waals surface area (Å²) in [7, 11) is 0. The number of nitrogens with zero attached hydrogens (tertiary/aromatic N) is 1. The van der Waals surface area contributed by atoms with E-state index in [0.29, 0.717) is 38.5 Å². The molecule has 0 spiro atoms. The first-order valence-corrected chi connectivity index (χ1v) is 7.78. The minimum absolute atomic E-state index is 0.183. The minimum atomic E-state index is -0.183. The van der Waals surface area contributed by atoms with E-state index in [0.717, 1.165) is 17.6 Å². The van der Waals surface area contributed by atoms with E-state index in [1.807, 2.05) is 26.0 Å². The summed E-state index contributed by atoms with van der Waals surface area (Å²) in [5, 5.41) is 0. The quantitative estimate of drug-likeness (QED) is 0.605. The fraction of sp³-hybridized carbons (Fsp3) is 0.600. The third kappa shape index (κ3) is 6.79. The molecule has 0 N–H and O–H groups in total. The van der Waals surface area contributed by atoms with Crippen LogP contribution in [0.5, 0.6) is 0 Å². The summed E-state index contributed by atoms with van der Waals surface area (Å²) in [4.78, 5) is 2.15. The van der Waals surface area contributed by atoms with Crippen molar-refractivity contribution in [2.75, 3.05) is 39.5 Å². The van der Waals surface area contributed by atoms with Gasteiger partial charge in [-0.3, -0.25) is 4.90 Å². The first kappa shape index (κ1) is 17.6. The Balaban J connectivity index is 2.56. The molecule has 0 saturated carbocycles. The van der Waals surface area contributed by atoms with Crippen molar-refractivity contribution < 1.29 is 13.9 Å². The molecule has 0 amide bonds. The molecule has 0 aromatic heterocycles. The maximum Gasteiger partial charge on any atom is 0.128 e. The Labute approximate surface area is 129 Å². The van der Waals surface area contributed by atoms with Crippen molar-refractivity contribution in [3.05, 3.63) is 34.1 Å². The van der Waals surface area contributed by atoms with Crippen molar-refractivity contribution in [3.63, 3.8) is 0 Å². The Kier molecular flexibility index (Phi) is 9.02. The average molecular weight is 348 g/mol. The third-order valence-corrected chi connectivity index (χ3v) is 3.41. The number of rotatable bonds is 10. The van der Waals surface area contributed by atoms with Crippen LogP contribution in [0.25, 0.3) is 0 Å². The Morgan fingerprint density at radius 1 is 1.10 bits per heavy atom. The van der Waals surface area contributed by atoms with Gasteiger partial charge in [0.25, 0.3) is 0 Å². The van der Waals surface area contributed by atoms with E-state index in [4.69, 9.17) is 9.47 Å². The van der Waals surface area contributed by atoms with E-state index in [1.165, 1.54) is 6.07 Å². The summed E-state index contributed by atoms with van der Waals surface area (Å²) in [5.41, 5.74) is 0.696. The zero-order valence-electron chi connectivity index (χ0n) is 12.2. The van der Waals surface area contributed by atoms with Gasteiger partial charge < -0.3 is 9.47 Å². The van der Waals surface area contributed by atoms with Gasteiger partial charge in [0.05, 0.1) is 13.2 Å². The van der Waals surface area contributed by atoms with E-state index >= 15 is 0 Å². The molecule has 1 rings (SSSR count). The first-order chi connectivity index (χ1) is 9.67. The zero-order valence-corrected chi connectivity index (χ0v) is 13.8. The Bertz CT molecular complexity index is 380. The van der Waals surface area contributed by atoms with Gasteiger partial charge in [-0.2, -0.15) is 0 Å². The second-order valence-corrected chi connectivity index (χ2v) is 5.32. The lowest BCUT2D eigenvalue weighted by Crippen LogP contribution is -2.31. The first-order valence-electron chi connectivity index (χ1n) is 6.99. The van der Waals surface area contributed by atoms with Crippen LogP contribution in [0.4, 0.5) is 4.39 Å². The van der Waals surface area contributed by atoms with Crippen LogP contribution in [0.3, 0.4) is 0 Å². The number of benzene rings is 1. The highest BCUT2D eigenvalue weighted by Crippen LogP contribution is 2.16. The van der Waals surface area contributed by atoms with E-state index in [2.05, 4.69) is 20.8 Å². The summed E-state index contributed by atoms with van der Waals surface area (Å²) in [6, 6.07) is 5.17. The second-order valence-electron chi connectivity index (χ2n) is 4.41. The van der Waals surface area contributed by atoms with Gasteiger partial charge in [0.2, 0.25) is 0 Å². The van der Waals surface area contributed by atoms with E-state index in [9.17, 15) is 4.39 Å². The van der Waals surface area contributed by atoms with Gasteiger partial charge in [-0.25, -0.2) is 4.39 Å². The van der Waals surface area contributed by atoms with Crippen LogP contribution < -0.4 is 0 Å². The fourth-order valence-electron chi connectivity index (χ4n) is 1.84. The molecule has 0 bridgehead atoms. The van der Waals surface area contributed by atoms with Crippen LogP contribution >= 0.6 is 15.9 Å². The Morgan fingerprint density at radius 2 is 1.70 bits per heavy atom. The maximum absolute atomic E-state index is 13.9. The van der Waals surface area contributed by atoms with Gasteiger partial charge in [-0.1, -0.05) is 22.0 Å². The zero-order chi connectivity index (χ0) is 14.8. The van der Waals surface area contributed by atoms with Crippen molar-refractivity contribution in [2.24, 2.45) is 0 Å². The van der Waals surface area contributed by atoms with Gasteiger partial charge in [0.15, 0.2) is 0 Å². The molecule has 0 fully saturated rings. The predicted molar refractivity (Wildman–Crippen MR) is 82.4 cm³/mol. The number of hydrogen-bond acceptors (Lipinski definition) is 3. The lowest BCUT2D eigenvalue weighted by atomic mass is 10.2. The Hall–Kier alpha value is -0.490. The molecular formula is C15H23BrFNO2. The average Bonchev–Trinajstić information content (AvgIpc) is 2.42. The minimum Gasteiger partial charge on any atom is -0.380 e. The molecule has 1 aromatic rings. The largest absolute Gasteiger partial charge is 0.380 e. The van der Waals surface area contributed by atoms with Gasteiger partial charge in [0, 0.05) is 42.9 Å². The van der Waals surface area contributed by atoms with Gasteiger partial charge in [-0.05, 0) is 26.0 Å². The van der Waals surface area contributed by atoms with Crippen LogP contribution in [-0.2, 0) is 16.0 Å². The molecule has 0 aliphatic carbocycles. The highest BCUT2D eigenvalue weighted by atomic mass is 79.9.